The van der Waals surface area contributed by atoms with E-state index in [4.69, 9.17) is 4.74 Å². The Balaban J connectivity index is 1.61. The van der Waals surface area contributed by atoms with Crippen molar-refractivity contribution in [2.75, 3.05) is 13.7 Å². The van der Waals surface area contributed by atoms with Gasteiger partial charge in [0, 0.05) is 12.5 Å². The molecule has 2 aliphatic rings. The smallest absolute Gasteiger partial charge is 0.223 e. The van der Waals surface area contributed by atoms with E-state index in [2.05, 4.69) is 23.5 Å². The predicted octanol–water partition coefficient (Wildman–Crippen LogP) is 3.03. The summed E-state index contributed by atoms with van der Waals surface area (Å²) in [6.07, 6.45) is 6.84. The first-order valence-corrected chi connectivity index (χ1v) is 7.72. The molecule has 1 amide bonds. The van der Waals surface area contributed by atoms with Crippen molar-refractivity contribution in [3.8, 4) is 5.75 Å². The fourth-order valence-electron chi connectivity index (χ4n) is 3.16. The Bertz CT molecular complexity index is 494. The average Bonchev–Trinajstić information content (AvgIpc) is 3.31. The predicted molar refractivity (Wildman–Crippen MR) is 79.0 cm³/mol. The highest BCUT2D eigenvalue weighted by Gasteiger charge is 2.29. The van der Waals surface area contributed by atoms with Crippen LogP contribution in [0.3, 0.4) is 0 Å². The molecule has 0 aromatic heterocycles. The van der Waals surface area contributed by atoms with E-state index >= 15 is 0 Å². The Morgan fingerprint density at radius 2 is 2.20 bits per heavy atom. The van der Waals surface area contributed by atoms with Crippen LogP contribution in [0, 0.1) is 5.92 Å². The molecule has 1 aromatic rings. The van der Waals surface area contributed by atoms with E-state index in [-0.39, 0.29) is 5.91 Å². The van der Waals surface area contributed by atoms with Crippen molar-refractivity contribution in [3.05, 3.63) is 29.3 Å². The van der Waals surface area contributed by atoms with E-state index in [0.717, 1.165) is 31.6 Å². The number of fused-ring (bicyclic) bond motifs is 1. The third-order valence-electron chi connectivity index (χ3n) is 4.53. The highest BCUT2D eigenvalue weighted by atomic mass is 16.5. The summed E-state index contributed by atoms with van der Waals surface area (Å²) in [5.41, 5.74) is 2.88. The summed E-state index contributed by atoms with van der Waals surface area (Å²) in [7, 11) is 1.72. The van der Waals surface area contributed by atoms with E-state index in [1.165, 1.54) is 30.4 Å². The van der Waals surface area contributed by atoms with Crippen LogP contribution in [0.25, 0.3) is 0 Å². The molecule has 3 nitrogen and oxygen atoms in total. The maximum Gasteiger partial charge on any atom is 0.223 e. The molecule has 0 radical (unpaired) electrons. The van der Waals surface area contributed by atoms with Crippen molar-refractivity contribution >= 4 is 5.91 Å². The third-order valence-corrected chi connectivity index (χ3v) is 4.53. The Kier molecular flexibility index (Phi) is 3.95. The minimum absolute atomic E-state index is 0.256. The van der Waals surface area contributed by atoms with Crippen LogP contribution in [0.1, 0.15) is 49.1 Å². The average molecular weight is 273 g/mol. The lowest BCUT2D eigenvalue weighted by atomic mass is 9.81. The summed E-state index contributed by atoms with van der Waals surface area (Å²) in [4.78, 5) is 11.7. The molecule has 20 heavy (non-hydrogen) atoms. The van der Waals surface area contributed by atoms with Crippen LogP contribution >= 0.6 is 0 Å². The first-order valence-electron chi connectivity index (χ1n) is 7.72. The number of methoxy groups -OCH3 is 1. The summed E-state index contributed by atoms with van der Waals surface area (Å²) in [6, 6.07) is 6.43. The van der Waals surface area contributed by atoms with Crippen LogP contribution in [0.2, 0.25) is 0 Å². The molecule has 1 aromatic carbocycles. The topological polar surface area (TPSA) is 38.3 Å². The number of hydrogen-bond acceptors (Lipinski definition) is 2. The fourth-order valence-corrected chi connectivity index (χ4v) is 3.16. The quantitative estimate of drug-likeness (QED) is 0.895. The molecule has 0 aliphatic heterocycles. The highest BCUT2D eigenvalue weighted by Crippen LogP contribution is 2.36. The van der Waals surface area contributed by atoms with Gasteiger partial charge in [-0.15, -0.1) is 0 Å². The maximum atomic E-state index is 11.7. The molecule has 1 unspecified atom stereocenters. The lowest BCUT2D eigenvalue weighted by Gasteiger charge is -2.26. The Hall–Kier alpha value is -1.51. The van der Waals surface area contributed by atoms with E-state index in [9.17, 15) is 4.79 Å². The number of carbonyl (C=O) groups excluding carboxylic acids is 1. The molecule has 2 aliphatic carbocycles. The lowest BCUT2D eigenvalue weighted by Crippen LogP contribution is -2.27. The molecule has 0 heterocycles. The summed E-state index contributed by atoms with van der Waals surface area (Å²) in [5, 5.41) is 3.08. The molecule has 108 valence electrons. The number of ether oxygens (including phenoxy) is 1. The standard InChI is InChI=1S/C17H23NO2/c1-20-15-8-7-12-3-2-4-13(16(12)11-15)9-10-18-17(19)14-5-6-14/h7-8,11,13-14H,2-6,9-10H2,1H3,(H,18,19). The number of carbonyl (C=O) groups is 1. The van der Waals surface area contributed by atoms with Crippen LogP contribution in [0.5, 0.6) is 5.75 Å². The zero-order valence-electron chi connectivity index (χ0n) is 12.2. The molecule has 1 fully saturated rings. The van der Waals surface area contributed by atoms with Gasteiger partial charge in [-0.2, -0.15) is 0 Å². The largest absolute Gasteiger partial charge is 0.497 e. The number of amides is 1. The van der Waals surface area contributed by atoms with Gasteiger partial charge in [-0.25, -0.2) is 0 Å². The summed E-state index contributed by atoms with van der Waals surface area (Å²) < 4.78 is 5.34. The Labute approximate surface area is 120 Å². The minimum Gasteiger partial charge on any atom is -0.497 e. The van der Waals surface area contributed by atoms with Gasteiger partial charge < -0.3 is 10.1 Å². The number of hydrogen-bond donors (Lipinski definition) is 1. The van der Waals surface area contributed by atoms with Gasteiger partial charge in [0.2, 0.25) is 5.91 Å². The first kappa shape index (κ1) is 13.5. The van der Waals surface area contributed by atoms with Crippen LogP contribution in [-0.4, -0.2) is 19.6 Å². The molecule has 0 spiro atoms. The van der Waals surface area contributed by atoms with Gasteiger partial charge in [-0.3, -0.25) is 4.79 Å². The molecular weight excluding hydrogens is 250 g/mol. The Morgan fingerprint density at radius 3 is 2.95 bits per heavy atom. The zero-order valence-corrected chi connectivity index (χ0v) is 12.2. The van der Waals surface area contributed by atoms with Gasteiger partial charge in [0.25, 0.3) is 0 Å². The number of rotatable bonds is 5. The van der Waals surface area contributed by atoms with Gasteiger partial charge in [0.05, 0.1) is 7.11 Å². The number of benzene rings is 1. The van der Waals surface area contributed by atoms with Crippen LogP contribution in [0.15, 0.2) is 18.2 Å². The summed E-state index contributed by atoms with van der Waals surface area (Å²) >= 11 is 0. The third kappa shape index (κ3) is 2.97. The van der Waals surface area contributed by atoms with E-state index < -0.39 is 0 Å². The minimum atomic E-state index is 0.256. The second-order valence-electron chi connectivity index (χ2n) is 6.01. The highest BCUT2D eigenvalue weighted by molar-refractivity contribution is 5.80. The van der Waals surface area contributed by atoms with Crippen LogP contribution < -0.4 is 10.1 Å². The van der Waals surface area contributed by atoms with E-state index in [1.54, 1.807) is 7.11 Å². The molecule has 1 atom stereocenters. The van der Waals surface area contributed by atoms with Gasteiger partial charge in [-0.05, 0) is 67.7 Å². The van der Waals surface area contributed by atoms with Crippen molar-refractivity contribution in [2.45, 2.75) is 44.4 Å². The molecule has 1 saturated carbocycles. The molecule has 3 rings (SSSR count). The number of aryl methyl sites for hydroxylation is 1. The monoisotopic (exact) mass is 273 g/mol. The second-order valence-corrected chi connectivity index (χ2v) is 6.01. The molecule has 0 bridgehead atoms. The summed E-state index contributed by atoms with van der Waals surface area (Å²) in [6.45, 7) is 0.802. The molecule has 0 saturated heterocycles. The van der Waals surface area contributed by atoms with Crippen LogP contribution in [0.4, 0.5) is 0 Å². The molecule has 3 heteroatoms. The Morgan fingerprint density at radius 1 is 1.35 bits per heavy atom. The van der Waals surface area contributed by atoms with E-state index in [0.29, 0.717) is 11.8 Å². The summed E-state index contributed by atoms with van der Waals surface area (Å²) in [5.74, 6) is 2.08. The second kappa shape index (κ2) is 5.86. The molecular formula is C17H23NO2. The first-order chi connectivity index (χ1) is 9.78. The fraction of sp³-hybridized carbons (Fsp3) is 0.588. The van der Waals surface area contributed by atoms with Crippen molar-refractivity contribution in [2.24, 2.45) is 5.92 Å². The van der Waals surface area contributed by atoms with Crippen molar-refractivity contribution in [1.29, 1.82) is 0 Å². The zero-order chi connectivity index (χ0) is 13.9. The maximum absolute atomic E-state index is 11.7. The van der Waals surface area contributed by atoms with Gasteiger partial charge >= 0.3 is 0 Å². The normalized spacial score (nSPS) is 21.1. The van der Waals surface area contributed by atoms with Crippen molar-refractivity contribution < 1.29 is 9.53 Å². The van der Waals surface area contributed by atoms with Gasteiger partial charge in [0.15, 0.2) is 0 Å². The lowest BCUT2D eigenvalue weighted by molar-refractivity contribution is -0.122. The number of nitrogens with one attached hydrogen (secondary N) is 1. The van der Waals surface area contributed by atoms with Crippen molar-refractivity contribution in [3.63, 3.8) is 0 Å². The SMILES string of the molecule is COc1ccc2c(c1)C(CCNC(=O)C1CC1)CCC2. The van der Waals surface area contributed by atoms with E-state index in [1.807, 2.05) is 0 Å². The van der Waals surface area contributed by atoms with Crippen molar-refractivity contribution in [1.82, 2.24) is 5.32 Å². The van der Waals surface area contributed by atoms with Gasteiger partial charge in [-0.1, -0.05) is 6.07 Å². The molecule has 1 N–H and O–H groups in total. The van der Waals surface area contributed by atoms with Gasteiger partial charge in [0.1, 0.15) is 5.75 Å². The van der Waals surface area contributed by atoms with Crippen LogP contribution in [-0.2, 0) is 11.2 Å².